The number of sulfonamides is 1. The second-order valence-corrected chi connectivity index (χ2v) is 8.57. The monoisotopic (exact) mass is 343 g/mol. The van der Waals surface area contributed by atoms with Crippen molar-refractivity contribution < 1.29 is 13.2 Å². The Morgan fingerprint density at radius 3 is 2.55 bits per heavy atom. The van der Waals surface area contributed by atoms with Gasteiger partial charge >= 0.3 is 0 Å². The second-order valence-electron chi connectivity index (χ2n) is 6.26. The van der Waals surface area contributed by atoms with Gasteiger partial charge in [-0.05, 0) is 36.5 Å². The smallest absolute Gasteiger partial charge is 0.211 e. The summed E-state index contributed by atoms with van der Waals surface area (Å²) in [4.78, 5) is 0. The Bertz CT molecular complexity index is 598. The summed E-state index contributed by atoms with van der Waals surface area (Å²) in [5.41, 5.74) is 0.966. The first-order valence-corrected chi connectivity index (χ1v) is 9.93. The van der Waals surface area contributed by atoms with E-state index in [-0.39, 0.29) is 17.9 Å². The lowest BCUT2D eigenvalue weighted by Gasteiger charge is -2.26. The highest BCUT2D eigenvalue weighted by molar-refractivity contribution is 7.89. The summed E-state index contributed by atoms with van der Waals surface area (Å²) in [6, 6.07) is 7.22. The summed E-state index contributed by atoms with van der Waals surface area (Å²) in [6.07, 6.45) is 4.85. The number of ether oxygens (including phenoxy) is 1. The molecule has 1 saturated heterocycles. The van der Waals surface area contributed by atoms with Crippen LogP contribution in [0.1, 0.15) is 43.8 Å². The van der Waals surface area contributed by atoms with Gasteiger partial charge in [0.15, 0.2) is 0 Å². The molecule has 2 atom stereocenters. The van der Waals surface area contributed by atoms with Crippen molar-refractivity contribution in [3.8, 4) is 0 Å². The summed E-state index contributed by atoms with van der Waals surface area (Å²) in [6.45, 7) is 0.573. The lowest BCUT2D eigenvalue weighted by Crippen LogP contribution is -2.38. The summed E-state index contributed by atoms with van der Waals surface area (Å²) in [5, 5.41) is 0.666. The average Bonchev–Trinajstić information content (AvgIpc) is 2.85. The Balaban J connectivity index is 1.61. The van der Waals surface area contributed by atoms with Crippen LogP contribution < -0.4 is 4.72 Å². The maximum Gasteiger partial charge on any atom is 0.211 e. The Labute approximate surface area is 137 Å². The Hall–Kier alpha value is -0.620. The number of hydrogen-bond donors (Lipinski definition) is 1. The molecule has 2 aliphatic rings. The number of halogens is 1. The lowest BCUT2D eigenvalue weighted by atomic mass is 9.84. The molecule has 1 aromatic carbocycles. The SMILES string of the molecule is O=S(=O)(CCC1CCC1)NC1CCOC1c1ccc(Cl)cc1. The molecule has 22 heavy (non-hydrogen) atoms. The van der Waals surface area contributed by atoms with E-state index < -0.39 is 10.0 Å². The van der Waals surface area contributed by atoms with Crippen molar-refractivity contribution in [1.29, 1.82) is 0 Å². The number of rotatable bonds is 6. The van der Waals surface area contributed by atoms with E-state index >= 15 is 0 Å². The zero-order chi connectivity index (χ0) is 15.6. The van der Waals surface area contributed by atoms with Crippen LogP contribution in [0.3, 0.4) is 0 Å². The molecule has 6 heteroatoms. The molecule has 1 aliphatic carbocycles. The van der Waals surface area contributed by atoms with E-state index in [4.69, 9.17) is 16.3 Å². The van der Waals surface area contributed by atoms with Gasteiger partial charge in [-0.2, -0.15) is 0 Å². The maximum atomic E-state index is 12.3. The Morgan fingerprint density at radius 2 is 1.91 bits per heavy atom. The van der Waals surface area contributed by atoms with Crippen LogP contribution in [0.25, 0.3) is 0 Å². The molecule has 1 aromatic rings. The van der Waals surface area contributed by atoms with Crippen molar-refractivity contribution in [3.63, 3.8) is 0 Å². The minimum atomic E-state index is -3.24. The number of benzene rings is 1. The van der Waals surface area contributed by atoms with Crippen LogP contribution >= 0.6 is 11.6 Å². The molecule has 4 nitrogen and oxygen atoms in total. The quantitative estimate of drug-likeness (QED) is 0.862. The van der Waals surface area contributed by atoms with Crippen molar-refractivity contribution in [3.05, 3.63) is 34.9 Å². The van der Waals surface area contributed by atoms with Crippen molar-refractivity contribution in [2.75, 3.05) is 12.4 Å². The Morgan fingerprint density at radius 1 is 1.18 bits per heavy atom. The molecule has 0 aromatic heterocycles. The Kier molecular flexibility index (Phi) is 5.07. The molecule has 1 saturated carbocycles. The fourth-order valence-electron chi connectivity index (χ4n) is 3.08. The zero-order valence-electron chi connectivity index (χ0n) is 12.5. The first-order chi connectivity index (χ1) is 10.5. The van der Waals surface area contributed by atoms with Crippen LogP contribution in [-0.2, 0) is 14.8 Å². The van der Waals surface area contributed by atoms with Crippen LogP contribution in [0.2, 0.25) is 5.02 Å². The standard InChI is InChI=1S/C16H22ClNO3S/c17-14-6-4-13(5-7-14)16-15(8-10-21-16)18-22(19,20)11-9-12-2-1-3-12/h4-7,12,15-16,18H,1-3,8-11H2. The van der Waals surface area contributed by atoms with E-state index in [1.54, 1.807) is 12.1 Å². The van der Waals surface area contributed by atoms with E-state index in [9.17, 15) is 8.42 Å². The van der Waals surface area contributed by atoms with Crippen LogP contribution in [-0.4, -0.2) is 26.8 Å². The summed E-state index contributed by atoms with van der Waals surface area (Å²) >= 11 is 5.90. The van der Waals surface area contributed by atoms with E-state index in [1.165, 1.54) is 19.3 Å². The number of hydrogen-bond acceptors (Lipinski definition) is 3. The molecule has 0 bridgehead atoms. The molecule has 0 radical (unpaired) electrons. The molecular formula is C16H22ClNO3S. The van der Waals surface area contributed by atoms with Crippen molar-refractivity contribution in [2.45, 2.75) is 44.2 Å². The third kappa shape index (κ3) is 4.02. The lowest BCUT2D eigenvalue weighted by molar-refractivity contribution is 0.102. The van der Waals surface area contributed by atoms with Gasteiger partial charge in [-0.3, -0.25) is 0 Å². The molecule has 1 heterocycles. The first kappa shape index (κ1) is 16.2. The van der Waals surface area contributed by atoms with Gasteiger partial charge < -0.3 is 4.74 Å². The summed E-state index contributed by atoms with van der Waals surface area (Å²) in [5.74, 6) is 0.824. The van der Waals surface area contributed by atoms with Gasteiger partial charge in [0, 0.05) is 11.6 Å². The highest BCUT2D eigenvalue weighted by atomic mass is 35.5. The van der Waals surface area contributed by atoms with Gasteiger partial charge in [-0.15, -0.1) is 0 Å². The van der Waals surface area contributed by atoms with E-state index in [1.807, 2.05) is 12.1 Å². The molecule has 2 fully saturated rings. The maximum absolute atomic E-state index is 12.3. The van der Waals surface area contributed by atoms with E-state index in [0.29, 0.717) is 24.0 Å². The van der Waals surface area contributed by atoms with Gasteiger partial charge in [-0.1, -0.05) is 43.0 Å². The molecule has 122 valence electrons. The largest absolute Gasteiger partial charge is 0.372 e. The third-order valence-corrected chi connectivity index (χ3v) is 6.33. The van der Waals surface area contributed by atoms with Crippen LogP contribution in [0.5, 0.6) is 0 Å². The molecular weight excluding hydrogens is 322 g/mol. The van der Waals surface area contributed by atoms with Crippen molar-refractivity contribution in [2.24, 2.45) is 5.92 Å². The summed E-state index contributed by atoms with van der Waals surface area (Å²) < 4.78 is 33.1. The second kappa shape index (κ2) is 6.87. The first-order valence-electron chi connectivity index (χ1n) is 7.90. The molecule has 1 aliphatic heterocycles. The zero-order valence-corrected chi connectivity index (χ0v) is 14.1. The predicted molar refractivity (Wildman–Crippen MR) is 87.4 cm³/mol. The van der Waals surface area contributed by atoms with E-state index in [2.05, 4.69) is 4.72 Å². The molecule has 0 amide bonds. The molecule has 0 spiro atoms. The van der Waals surface area contributed by atoms with Gasteiger partial charge in [0.05, 0.1) is 17.9 Å². The third-order valence-electron chi connectivity index (χ3n) is 4.64. The minimum absolute atomic E-state index is 0.187. The van der Waals surface area contributed by atoms with Crippen LogP contribution in [0.4, 0.5) is 0 Å². The summed E-state index contributed by atoms with van der Waals surface area (Å²) in [7, 11) is -3.24. The highest BCUT2D eigenvalue weighted by Crippen LogP contribution is 2.32. The van der Waals surface area contributed by atoms with Crippen molar-refractivity contribution in [1.82, 2.24) is 4.72 Å². The van der Waals surface area contributed by atoms with Gasteiger partial charge in [0.25, 0.3) is 0 Å². The fraction of sp³-hybridized carbons (Fsp3) is 0.625. The van der Waals surface area contributed by atoms with Crippen LogP contribution in [0, 0.1) is 5.92 Å². The van der Waals surface area contributed by atoms with Crippen molar-refractivity contribution >= 4 is 21.6 Å². The average molecular weight is 344 g/mol. The topological polar surface area (TPSA) is 55.4 Å². The van der Waals surface area contributed by atoms with Gasteiger partial charge in [0.1, 0.15) is 0 Å². The fourth-order valence-corrected chi connectivity index (χ4v) is 4.67. The minimum Gasteiger partial charge on any atom is -0.372 e. The normalized spacial score (nSPS) is 26.0. The highest BCUT2D eigenvalue weighted by Gasteiger charge is 2.33. The molecule has 1 N–H and O–H groups in total. The van der Waals surface area contributed by atoms with E-state index in [0.717, 1.165) is 12.0 Å². The van der Waals surface area contributed by atoms with Crippen LogP contribution in [0.15, 0.2) is 24.3 Å². The van der Waals surface area contributed by atoms with Gasteiger partial charge in [0.2, 0.25) is 10.0 Å². The van der Waals surface area contributed by atoms with Gasteiger partial charge in [-0.25, -0.2) is 13.1 Å². The predicted octanol–water partition coefficient (Wildman–Crippen LogP) is 3.28. The number of nitrogens with one attached hydrogen (secondary N) is 1. The molecule has 2 unspecified atom stereocenters. The molecule has 3 rings (SSSR count).